The van der Waals surface area contributed by atoms with Crippen molar-refractivity contribution in [2.45, 2.75) is 37.8 Å². The van der Waals surface area contributed by atoms with Crippen LogP contribution in [0, 0.1) is 13.8 Å². The van der Waals surface area contributed by atoms with Gasteiger partial charge in [-0.1, -0.05) is 12.1 Å². The molecular weight excluding hydrogens is 464 g/mol. The summed E-state index contributed by atoms with van der Waals surface area (Å²) in [5.41, 5.74) is 2.17. The number of sulfonamides is 1. The molecule has 0 aromatic heterocycles. The minimum Gasteiger partial charge on any atom is -0.493 e. The fraction of sp³-hybridized carbons (Fsp3) is 0.435. The average Bonchev–Trinajstić information content (AvgIpc) is 2.80. The van der Waals surface area contributed by atoms with Gasteiger partial charge in [-0.25, -0.2) is 8.42 Å². The molecule has 1 atom stereocenters. The summed E-state index contributed by atoms with van der Waals surface area (Å²) >= 11 is 1.54. The lowest BCUT2D eigenvalue weighted by Gasteiger charge is -2.20. The molecule has 2 aromatic carbocycles. The molecule has 0 spiro atoms. The first kappa shape index (κ1) is 26.8. The summed E-state index contributed by atoms with van der Waals surface area (Å²) in [5, 5.41) is 2.82. The maximum atomic E-state index is 13.1. The standard InChI is InChI=1S/C23H32N2O6S2/c1-15-7-8-16(2)21(11-15)33(27,28)25-18(9-10-32-6)23(26)24-14-17-12-19(29-3)22(31-5)20(13-17)30-4/h7-8,11-13,18,25H,9-10,14H2,1-6H3,(H,24,26). The van der Waals surface area contributed by atoms with Crippen LogP contribution >= 0.6 is 11.8 Å². The summed E-state index contributed by atoms with van der Waals surface area (Å²) in [6.45, 7) is 3.72. The Kier molecular flexibility index (Phi) is 9.87. The van der Waals surface area contributed by atoms with Gasteiger partial charge in [0.2, 0.25) is 21.7 Å². The van der Waals surface area contributed by atoms with Crippen molar-refractivity contribution < 1.29 is 27.4 Å². The van der Waals surface area contributed by atoms with Gasteiger partial charge in [0.15, 0.2) is 11.5 Å². The van der Waals surface area contributed by atoms with Crippen LogP contribution in [0.5, 0.6) is 17.2 Å². The Morgan fingerprint density at radius 1 is 1.03 bits per heavy atom. The van der Waals surface area contributed by atoms with E-state index in [4.69, 9.17) is 14.2 Å². The van der Waals surface area contributed by atoms with Gasteiger partial charge in [0.05, 0.1) is 26.2 Å². The molecule has 0 aliphatic heterocycles. The van der Waals surface area contributed by atoms with Crippen LogP contribution in [-0.2, 0) is 21.4 Å². The molecule has 10 heteroatoms. The molecule has 1 unspecified atom stereocenters. The number of hydrogen-bond acceptors (Lipinski definition) is 7. The van der Waals surface area contributed by atoms with E-state index in [1.807, 2.05) is 19.2 Å². The van der Waals surface area contributed by atoms with Gasteiger partial charge < -0.3 is 19.5 Å². The molecule has 0 fully saturated rings. The van der Waals surface area contributed by atoms with Gasteiger partial charge in [-0.3, -0.25) is 4.79 Å². The number of carbonyl (C=O) groups is 1. The lowest BCUT2D eigenvalue weighted by molar-refractivity contribution is -0.122. The van der Waals surface area contributed by atoms with E-state index in [9.17, 15) is 13.2 Å². The SMILES string of the molecule is COc1cc(CNC(=O)C(CCSC)NS(=O)(=O)c2cc(C)ccc2C)cc(OC)c1OC. The van der Waals surface area contributed by atoms with Crippen LogP contribution in [0.2, 0.25) is 0 Å². The average molecular weight is 497 g/mol. The number of amides is 1. The predicted molar refractivity (Wildman–Crippen MR) is 131 cm³/mol. The Balaban J connectivity index is 2.22. The van der Waals surface area contributed by atoms with Crippen molar-refractivity contribution in [2.24, 2.45) is 0 Å². The lowest BCUT2D eigenvalue weighted by atomic mass is 10.1. The molecule has 2 aromatic rings. The highest BCUT2D eigenvalue weighted by molar-refractivity contribution is 7.98. The van der Waals surface area contributed by atoms with Gasteiger partial charge in [0.1, 0.15) is 6.04 Å². The normalized spacial score (nSPS) is 12.2. The van der Waals surface area contributed by atoms with Crippen LogP contribution in [0.25, 0.3) is 0 Å². The van der Waals surface area contributed by atoms with Gasteiger partial charge in [-0.2, -0.15) is 16.5 Å². The highest BCUT2D eigenvalue weighted by Gasteiger charge is 2.26. The zero-order valence-electron chi connectivity index (χ0n) is 19.9. The first-order chi connectivity index (χ1) is 15.7. The van der Waals surface area contributed by atoms with Gasteiger partial charge in [-0.15, -0.1) is 0 Å². The Morgan fingerprint density at radius 2 is 1.67 bits per heavy atom. The lowest BCUT2D eigenvalue weighted by Crippen LogP contribution is -2.46. The second-order valence-electron chi connectivity index (χ2n) is 7.48. The Bertz CT molecular complexity index is 1050. The molecule has 0 heterocycles. The minimum atomic E-state index is -3.88. The van der Waals surface area contributed by atoms with E-state index in [-0.39, 0.29) is 11.4 Å². The quantitative estimate of drug-likeness (QED) is 0.466. The molecule has 8 nitrogen and oxygen atoms in total. The van der Waals surface area contributed by atoms with Crippen molar-refractivity contribution >= 4 is 27.7 Å². The maximum absolute atomic E-state index is 13.1. The topological polar surface area (TPSA) is 103 Å². The third-order valence-electron chi connectivity index (χ3n) is 5.05. The molecule has 33 heavy (non-hydrogen) atoms. The molecular formula is C23H32N2O6S2. The van der Waals surface area contributed by atoms with E-state index in [1.54, 1.807) is 43.0 Å². The number of carbonyl (C=O) groups excluding carboxylic acids is 1. The fourth-order valence-electron chi connectivity index (χ4n) is 3.28. The van der Waals surface area contributed by atoms with Crippen LogP contribution in [0.4, 0.5) is 0 Å². The number of ether oxygens (including phenoxy) is 3. The molecule has 2 N–H and O–H groups in total. The molecule has 0 saturated carbocycles. The Hall–Kier alpha value is -2.43. The van der Waals surface area contributed by atoms with Crippen LogP contribution < -0.4 is 24.2 Å². The van der Waals surface area contributed by atoms with Crippen molar-refractivity contribution in [3.63, 3.8) is 0 Å². The largest absolute Gasteiger partial charge is 0.493 e. The highest BCUT2D eigenvalue weighted by Crippen LogP contribution is 2.38. The molecule has 0 aliphatic rings. The smallest absolute Gasteiger partial charge is 0.241 e. The fourth-order valence-corrected chi connectivity index (χ4v) is 5.31. The van der Waals surface area contributed by atoms with Crippen LogP contribution in [-0.4, -0.2) is 53.7 Å². The number of rotatable bonds is 12. The third kappa shape index (κ3) is 7.02. The number of thioether (sulfide) groups is 1. The number of hydrogen-bond donors (Lipinski definition) is 2. The number of methoxy groups -OCH3 is 3. The number of benzene rings is 2. The molecule has 1 amide bonds. The summed E-state index contributed by atoms with van der Waals surface area (Å²) in [5.74, 6) is 1.60. The molecule has 0 radical (unpaired) electrons. The van der Waals surface area contributed by atoms with Crippen LogP contribution in [0.1, 0.15) is 23.1 Å². The molecule has 0 saturated heterocycles. The van der Waals surface area contributed by atoms with Crippen molar-refractivity contribution in [3.8, 4) is 17.2 Å². The highest BCUT2D eigenvalue weighted by atomic mass is 32.2. The first-order valence-electron chi connectivity index (χ1n) is 10.3. The second kappa shape index (κ2) is 12.2. The summed E-state index contributed by atoms with van der Waals surface area (Å²) in [4.78, 5) is 13.2. The minimum absolute atomic E-state index is 0.163. The molecule has 0 aliphatic carbocycles. The molecule has 182 valence electrons. The van der Waals surface area contributed by atoms with Crippen molar-refractivity contribution in [3.05, 3.63) is 47.0 Å². The van der Waals surface area contributed by atoms with E-state index in [0.717, 1.165) is 11.1 Å². The van der Waals surface area contributed by atoms with Gasteiger partial charge in [0.25, 0.3) is 0 Å². The van der Waals surface area contributed by atoms with Crippen LogP contribution in [0.15, 0.2) is 35.2 Å². The monoisotopic (exact) mass is 496 g/mol. The van der Waals surface area contributed by atoms with E-state index < -0.39 is 22.0 Å². The zero-order chi connectivity index (χ0) is 24.6. The molecule has 0 bridgehead atoms. The predicted octanol–water partition coefficient (Wildman–Crippen LogP) is 3.05. The van der Waals surface area contributed by atoms with E-state index in [2.05, 4.69) is 10.0 Å². The van der Waals surface area contributed by atoms with Crippen molar-refractivity contribution in [1.29, 1.82) is 0 Å². The van der Waals surface area contributed by atoms with Gasteiger partial charge in [0, 0.05) is 6.54 Å². The Morgan fingerprint density at radius 3 is 2.21 bits per heavy atom. The second-order valence-corrected chi connectivity index (χ2v) is 10.1. The van der Waals surface area contributed by atoms with Crippen molar-refractivity contribution in [2.75, 3.05) is 33.3 Å². The van der Waals surface area contributed by atoms with E-state index in [0.29, 0.717) is 35.0 Å². The number of nitrogens with one attached hydrogen (secondary N) is 2. The summed E-state index contributed by atoms with van der Waals surface area (Å²) in [6, 6.07) is 7.77. The Labute approximate surface area is 200 Å². The zero-order valence-corrected chi connectivity index (χ0v) is 21.5. The number of aryl methyl sites for hydroxylation is 2. The van der Waals surface area contributed by atoms with E-state index >= 15 is 0 Å². The first-order valence-corrected chi connectivity index (χ1v) is 13.2. The van der Waals surface area contributed by atoms with E-state index in [1.165, 1.54) is 21.3 Å². The van der Waals surface area contributed by atoms with Gasteiger partial charge in [-0.05, 0) is 67.2 Å². The summed E-state index contributed by atoms with van der Waals surface area (Å²) < 4.78 is 44.7. The third-order valence-corrected chi connectivity index (χ3v) is 7.31. The van der Waals surface area contributed by atoms with Gasteiger partial charge >= 0.3 is 0 Å². The summed E-state index contributed by atoms with van der Waals surface area (Å²) in [6.07, 6.45) is 2.26. The molecule has 2 rings (SSSR count). The summed E-state index contributed by atoms with van der Waals surface area (Å²) in [7, 11) is 0.664. The van der Waals surface area contributed by atoms with Crippen LogP contribution in [0.3, 0.4) is 0 Å². The maximum Gasteiger partial charge on any atom is 0.241 e. The van der Waals surface area contributed by atoms with Crippen molar-refractivity contribution in [1.82, 2.24) is 10.0 Å².